The average Bonchev–Trinajstić information content (AvgIpc) is 2.34. The van der Waals surface area contributed by atoms with E-state index in [0.717, 1.165) is 5.92 Å². The van der Waals surface area contributed by atoms with Gasteiger partial charge >= 0.3 is 0 Å². The summed E-state index contributed by atoms with van der Waals surface area (Å²) in [5.41, 5.74) is 0. The average molecular weight is 125 g/mol. The lowest BCUT2D eigenvalue weighted by atomic mass is 10.0. The highest BCUT2D eigenvalue weighted by atomic mass is 14.8. The van der Waals surface area contributed by atoms with Crippen LogP contribution in [0.15, 0.2) is 12.2 Å². The van der Waals surface area contributed by atoms with Gasteiger partial charge in [0.15, 0.2) is 0 Å². The topological polar surface area (TPSA) is 12.0 Å². The van der Waals surface area contributed by atoms with E-state index in [1.54, 1.807) is 0 Å². The number of hydrogen-bond donors (Lipinski definition) is 1. The molecule has 0 spiro atoms. The fraction of sp³-hybridized carbons (Fsp3) is 0.750. The van der Waals surface area contributed by atoms with E-state index in [2.05, 4.69) is 17.5 Å². The van der Waals surface area contributed by atoms with Gasteiger partial charge in [-0.2, -0.15) is 0 Å². The first kappa shape index (κ1) is 6.81. The monoisotopic (exact) mass is 125 g/mol. The summed E-state index contributed by atoms with van der Waals surface area (Å²) < 4.78 is 0. The molecule has 1 aliphatic rings. The Bertz CT molecular complexity index is 88.7. The van der Waals surface area contributed by atoms with Gasteiger partial charge in [0.25, 0.3) is 0 Å². The zero-order valence-corrected chi connectivity index (χ0v) is 6.06. The quantitative estimate of drug-likeness (QED) is 0.564. The molecular weight excluding hydrogens is 110 g/mol. The normalized spacial score (nSPS) is 19.2. The van der Waals surface area contributed by atoms with E-state index < -0.39 is 0 Å². The highest BCUT2D eigenvalue weighted by Crippen LogP contribution is 2.20. The number of nitrogens with one attached hydrogen (secondary N) is 1. The second-order valence-corrected chi connectivity index (χ2v) is 2.70. The fourth-order valence-electron chi connectivity index (χ4n) is 1.26. The Morgan fingerprint density at radius 2 is 2.11 bits per heavy atom. The number of rotatable bonds is 3. The molecule has 0 saturated heterocycles. The third kappa shape index (κ3) is 2.19. The predicted molar refractivity (Wildman–Crippen MR) is 40.4 cm³/mol. The second-order valence-electron chi connectivity index (χ2n) is 2.70. The van der Waals surface area contributed by atoms with Gasteiger partial charge in [-0.1, -0.05) is 12.2 Å². The Balaban J connectivity index is 2.01. The van der Waals surface area contributed by atoms with Gasteiger partial charge in [-0.3, -0.25) is 0 Å². The van der Waals surface area contributed by atoms with Crippen LogP contribution in [-0.4, -0.2) is 13.6 Å². The molecule has 0 radical (unpaired) electrons. The third-order valence-electron chi connectivity index (χ3n) is 1.91. The molecule has 0 aliphatic heterocycles. The second kappa shape index (κ2) is 3.67. The van der Waals surface area contributed by atoms with Crippen LogP contribution in [0.5, 0.6) is 0 Å². The predicted octanol–water partition coefficient (Wildman–Crippen LogP) is 1.56. The molecule has 0 fully saturated rings. The Kier molecular flexibility index (Phi) is 2.78. The molecular formula is C8H15N. The van der Waals surface area contributed by atoms with Gasteiger partial charge in [0.2, 0.25) is 0 Å². The van der Waals surface area contributed by atoms with Crippen LogP contribution in [0.2, 0.25) is 0 Å². The highest BCUT2D eigenvalue weighted by Gasteiger charge is 2.07. The van der Waals surface area contributed by atoms with Crippen LogP contribution in [0.25, 0.3) is 0 Å². The van der Waals surface area contributed by atoms with E-state index in [4.69, 9.17) is 0 Å². The first-order chi connectivity index (χ1) is 4.43. The minimum absolute atomic E-state index is 0.942. The molecule has 1 rings (SSSR count). The standard InChI is InChI=1S/C8H15N/c1-9-7-6-8-4-2-3-5-8/h2-3,8-9H,4-7H2,1H3. The van der Waals surface area contributed by atoms with Crippen molar-refractivity contribution in [3.05, 3.63) is 12.2 Å². The lowest BCUT2D eigenvalue weighted by Gasteiger charge is -2.06. The van der Waals surface area contributed by atoms with E-state index in [1.807, 2.05) is 7.05 Å². The van der Waals surface area contributed by atoms with E-state index in [0.29, 0.717) is 0 Å². The van der Waals surface area contributed by atoms with Crippen LogP contribution in [0, 0.1) is 5.92 Å². The molecule has 9 heavy (non-hydrogen) atoms. The van der Waals surface area contributed by atoms with Crippen LogP contribution in [0.1, 0.15) is 19.3 Å². The zero-order valence-electron chi connectivity index (χ0n) is 6.06. The molecule has 1 N–H and O–H groups in total. The van der Waals surface area contributed by atoms with Gasteiger partial charge in [-0.15, -0.1) is 0 Å². The largest absolute Gasteiger partial charge is 0.320 e. The zero-order chi connectivity index (χ0) is 6.53. The van der Waals surface area contributed by atoms with Crippen molar-refractivity contribution in [2.24, 2.45) is 5.92 Å². The first-order valence-electron chi connectivity index (χ1n) is 3.73. The summed E-state index contributed by atoms with van der Waals surface area (Å²) in [4.78, 5) is 0. The molecule has 1 heteroatoms. The Morgan fingerprint density at radius 1 is 1.44 bits per heavy atom. The summed E-state index contributed by atoms with van der Waals surface area (Å²) in [5.74, 6) is 0.942. The van der Waals surface area contributed by atoms with Gasteiger partial charge < -0.3 is 5.32 Å². The third-order valence-corrected chi connectivity index (χ3v) is 1.91. The maximum atomic E-state index is 3.17. The molecule has 0 aromatic heterocycles. The fourth-order valence-corrected chi connectivity index (χ4v) is 1.26. The summed E-state index contributed by atoms with van der Waals surface area (Å²) in [6, 6.07) is 0. The molecule has 0 bridgehead atoms. The summed E-state index contributed by atoms with van der Waals surface area (Å²) in [6.45, 7) is 1.17. The highest BCUT2D eigenvalue weighted by molar-refractivity contribution is 4.93. The van der Waals surface area contributed by atoms with E-state index in [-0.39, 0.29) is 0 Å². The number of hydrogen-bond acceptors (Lipinski definition) is 1. The van der Waals surface area contributed by atoms with Crippen molar-refractivity contribution >= 4 is 0 Å². The van der Waals surface area contributed by atoms with Crippen molar-refractivity contribution in [1.29, 1.82) is 0 Å². The van der Waals surface area contributed by atoms with Gasteiger partial charge in [0.05, 0.1) is 0 Å². The lowest BCUT2D eigenvalue weighted by Crippen LogP contribution is -2.11. The summed E-state index contributed by atoms with van der Waals surface area (Å²) in [6.07, 6.45) is 8.54. The molecule has 1 aliphatic carbocycles. The lowest BCUT2D eigenvalue weighted by molar-refractivity contribution is 0.506. The molecule has 0 heterocycles. The van der Waals surface area contributed by atoms with Crippen LogP contribution in [0.4, 0.5) is 0 Å². The van der Waals surface area contributed by atoms with Crippen molar-refractivity contribution in [3.63, 3.8) is 0 Å². The van der Waals surface area contributed by atoms with Gasteiger partial charge in [-0.25, -0.2) is 0 Å². The Labute approximate surface area is 57.1 Å². The minimum atomic E-state index is 0.942. The van der Waals surface area contributed by atoms with Crippen molar-refractivity contribution in [2.75, 3.05) is 13.6 Å². The van der Waals surface area contributed by atoms with E-state index >= 15 is 0 Å². The minimum Gasteiger partial charge on any atom is -0.320 e. The van der Waals surface area contributed by atoms with Gasteiger partial charge in [0, 0.05) is 0 Å². The maximum Gasteiger partial charge on any atom is -0.00491 e. The molecule has 0 aromatic carbocycles. The summed E-state index contributed by atoms with van der Waals surface area (Å²) >= 11 is 0. The molecule has 52 valence electrons. The molecule has 1 nitrogen and oxygen atoms in total. The summed E-state index contributed by atoms with van der Waals surface area (Å²) in [5, 5.41) is 3.17. The van der Waals surface area contributed by atoms with Crippen LogP contribution in [0.3, 0.4) is 0 Å². The van der Waals surface area contributed by atoms with Crippen LogP contribution in [-0.2, 0) is 0 Å². The molecule has 0 amide bonds. The maximum absolute atomic E-state index is 3.17. The Morgan fingerprint density at radius 3 is 2.67 bits per heavy atom. The SMILES string of the molecule is CNCCC1CC=CC1. The van der Waals surface area contributed by atoms with Crippen molar-refractivity contribution < 1.29 is 0 Å². The van der Waals surface area contributed by atoms with E-state index in [1.165, 1.54) is 25.8 Å². The smallest absolute Gasteiger partial charge is 0.00491 e. The van der Waals surface area contributed by atoms with Crippen molar-refractivity contribution in [1.82, 2.24) is 5.32 Å². The van der Waals surface area contributed by atoms with Crippen LogP contribution >= 0.6 is 0 Å². The van der Waals surface area contributed by atoms with Crippen molar-refractivity contribution in [3.8, 4) is 0 Å². The number of allylic oxidation sites excluding steroid dienone is 2. The molecule has 0 aromatic rings. The van der Waals surface area contributed by atoms with Crippen molar-refractivity contribution in [2.45, 2.75) is 19.3 Å². The molecule has 0 saturated carbocycles. The Hall–Kier alpha value is -0.300. The van der Waals surface area contributed by atoms with E-state index in [9.17, 15) is 0 Å². The van der Waals surface area contributed by atoms with Gasteiger partial charge in [-0.05, 0) is 38.8 Å². The molecule has 0 atom stereocenters. The van der Waals surface area contributed by atoms with Crippen LogP contribution < -0.4 is 5.32 Å². The summed E-state index contributed by atoms with van der Waals surface area (Å²) in [7, 11) is 2.02. The van der Waals surface area contributed by atoms with Gasteiger partial charge in [0.1, 0.15) is 0 Å². The first-order valence-corrected chi connectivity index (χ1v) is 3.73. The molecule has 0 unspecified atom stereocenters.